The van der Waals surface area contributed by atoms with Crippen LogP contribution < -0.4 is 5.32 Å². The van der Waals surface area contributed by atoms with Crippen molar-refractivity contribution >= 4 is 29.2 Å². The second kappa shape index (κ2) is 4.75. The lowest BCUT2D eigenvalue weighted by molar-refractivity contribution is 0.761. The van der Waals surface area contributed by atoms with Gasteiger partial charge in [0.25, 0.3) is 0 Å². The number of nitrogens with zero attached hydrogens (tertiary/aromatic N) is 2. The summed E-state index contributed by atoms with van der Waals surface area (Å²) in [5.74, 6) is 0.619. The first kappa shape index (κ1) is 11.8. The van der Waals surface area contributed by atoms with Crippen LogP contribution in [-0.4, -0.2) is 16.0 Å². The zero-order valence-electron chi connectivity index (χ0n) is 9.45. The van der Waals surface area contributed by atoms with E-state index >= 15 is 0 Å². The van der Waals surface area contributed by atoms with Gasteiger partial charge in [-0.3, -0.25) is 0 Å². The summed E-state index contributed by atoms with van der Waals surface area (Å²) in [4.78, 5) is 8.22. The Labute approximate surface area is 115 Å². The Hall–Kier alpha value is -1.32. The van der Waals surface area contributed by atoms with Gasteiger partial charge in [0.1, 0.15) is 0 Å². The lowest BCUT2D eigenvalue weighted by Gasteiger charge is -2.10. The third kappa shape index (κ3) is 2.28. The van der Waals surface area contributed by atoms with E-state index in [0.717, 1.165) is 17.9 Å². The molecule has 0 saturated carbocycles. The van der Waals surface area contributed by atoms with Crippen molar-refractivity contribution in [3.05, 3.63) is 51.8 Å². The molecule has 2 aromatic rings. The highest BCUT2D eigenvalue weighted by Gasteiger charge is 2.24. The van der Waals surface area contributed by atoms with Crippen LogP contribution in [0.2, 0.25) is 10.0 Å². The Morgan fingerprint density at radius 3 is 2.72 bits per heavy atom. The molecule has 1 N–H and O–H groups in total. The van der Waals surface area contributed by atoms with Gasteiger partial charge in [0.05, 0.1) is 0 Å². The van der Waals surface area contributed by atoms with Gasteiger partial charge in [0.2, 0.25) is 5.95 Å². The molecule has 1 radical (unpaired) electrons. The standard InChI is InChI=1S/C13H10Cl2N3/c14-9-4-8-5-10(7-11(8)12(15)6-9)18-13-16-2-1-3-17-13/h2-4,6,10H,5,7H2,(H,16,17,18). The van der Waals surface area contributed by atoms with E-state index in [-0.39, 0.29) is 6.04 Å². The molecule has 0 bridgehead atoms. The average molecular weight is 279 g/mol. The zero-order chi connectivity index (χ0) is 12.5. The fourth-order valence-electron chi connectivity index (χ4n) is 2.27. The minimum atomic E-state index is 0.262. The molecule has 1 aliphatic carbocycles. The Morgan fingerprint density at radius 2 is 1.94 bits per heavy atom. The summed E-state index contributed by atoms with van der Waals surface area (Å²) in [6.07, 6.45) is 4.95. The van der Waals surface area contributed by atoms with Gasteiger partial charge in [0, 0.05) is 34.5 Å². The van der Waals surface area contributed by atoms with Crippen molar-refractivity contribution in [2.75, 3.05) is 5.32 Å². The van der Waals surface area contributed by atoms with Gasteiger partial charge < -0.3 is 5.32 Å². The van der Waals surface area contributed by atoms with E-state index in [0.29, 0.717) is 11.0 Å². The molecule has 1 aliphatic rings. The molecule has 1 heterocycles. The summed E-state index contributed by atoms with van der Waals surface area (Å²) >= 11 is 12.2. The predicted molar refractivity (Wildman–Crippen MR) is 72.1 cm³/mol. The number of hydrogen-bond acceptors (Lipinski definition) is 3. The van der Waals surface area contributed by atoms with E-state index in [9.17, 15) is 0 Å². The third-order valence-electron chi connectivity index (χ3n) is 3.03. The molecule has 91 valence electrons. The number of fused-ring (bicyclic) bond motifs is 1. The second-order valence-electron chi connectivity index (χ2n) is 4.28. The SMILES string of the molecule is Clc1cc(Cl)c2c(c1)CC(Nc1nc[c]cn1)C2. The largest absolute Gasteiger partial charge is 0.351 e. The van der Waals surface area contributed by atoms with Crippen LogP contribution >= 0.6 is 23.2 Å². The number of rotatable bonds is 2. The molecule has 1 aromatic heterocycles. The van der Waals surface area contributed by atoms with E-state index < -0.39 is 0 Å². The van der Waals surface area contributed by atoms with E-state index in [1.807, 2.05) is 6.07 Å². The first-order chi connectivity index (χ1) is 8.72. The molecule has 0 aliphatic heterocycles. The Morgan fingerprint density at radius 1 is 1.17 bits per heavy atom. The van der Waals surface area contributed by atoms with Gasteiger partial charge in [-0.05, 0) is 36.1 Å². The maximum Gasteiger partial charge on any atom is 0.222 e. The zero-order valence-corrected chi connectivity index (χ0v) is 11.0. The van der Waals surface area contributed by atoms with Crippen molar-refractivity contribution in [1.29, 1.82) is 0 Å². The molecule has 1 unspecified atom stereocenters. The van der Waals surface area contributed by atoms with Crippen LogP contribution in [-0.2, 0) is 12.8 Å². The molecular formula is C13H10Cl2N3. The van der Waals surface area contributed by atoms with Crippen molar-refractivity contribution in [1.82, 2.24) is 9.97 Å². The molecule has 1 aromatic carbocycles. The van der Waals surface area contributed by atoms with E-state index in [1.165, 1.54) is 11.1 Å². The van der Waals surface area contributed by atoms with Gasteiger partial charge in [-0.15, -0.1) is 0 Å². The van der Waals surface area contributed by atoms with Gasteiger partial charge in [0.15, 0.2) is 0 Å². The average Bonchev–Trinajstić information content (AvgIpc) is 2.73. The molecule has 0 amide bonds. The minimum Gasteiger partial charge on any atom is -0.351 e. The molecule has 0 fully saturated rings. The van der Waals surface area contributed by atoms with E-state index in [4.69, 9.17) is 23.2 Å². The normalized spacial score (nSPS) is 17.6. The monoisotopic (exact) mass is 278 g/mol. The first-order valence-corrected chi connectivity index (χ1v) is 6.39. The number of halogens is 2. The maximum absolute atomic E-state index is 6.19. The summed E-state index contributed by atoms with van der Waals surface area (Å²) in [5.41, 5.74) is 2.37. The van der Waals surface area contributed by atoms with Gasteiger partial charge in [-0.2, -0.15) is 0 Å². The molecule has 1 atom stereocenters. The smallest absolute Gasteiger partial charge is 0.222 e. The van der Waals surface area contributed by atoms with Crippen molar-refractivity contribution < 1.29 is 0 Å². The van der Waals surface area contributed by atoms with Crippen molar-refractivity contribution in [2.45, 2.75) is 18.9 Å². The van der Waals surface area contributed by atoms with Crippen LogP contribution in [0.1, 0.15) is 11.1 Å². The molecule has 0 saturated heterocycles. The number of aromatic nitrogens is 2. The molecular weight excluding hydrogens is 269 g/mol. The Bertz CT molecular complexity index is 572. The molecule has 3 nitrogen and oxygen atoms in total. The van der Waals surface area contributed by atoms with Crippen molar-refractivity contribution in [2.24, 2.45) is 0 Å². The fourth-order valence-corrected chi connectivity index (χ4v) is 2.89. The minimum absolute atomic E-state index is 0.262. The quantitative estimate of drug-likeness (QED) is 0.917. The topological polar surface area (TPSA) is 37.8 Å². The van der Waals surface area contributed by atoms with E-state index in [1.54, 1.807) is 18.5 Å². The van der Waals surface area contributed by atoms with Gasteiger partial charge >= 0.3 is 0 Å². The number of hydrogen-bond donors (Lipinski definition) is 1. The molecule has 18 heavy (non-hydrogen) atoms. The number of benzene rings is 1. The lowest BCUT2D eigenvalue weighted by Crippen LogP contribution is -2.20. The maximum atomic E-state index is 6.19. The third-order valence-corrected chi connectivity index (χ3v) is 3.58. The fraction of sp³-hybridized carbons (Fsp3) is 0.231. The molecule has 3 rings (SSSR count). The van der Waals surface area contributed by atoms with Gasteiger partial charge in [-0.1, -0.05) is 23.2 Å². The summed E-state index contributed by atoms with van der Waals surface area (Å²) in [5, 5.41) is 4.72. The van der Waals surface area contributed by atoms with Crippen molar-refractivity contribution in [3.63, 3.8) is 0 Å². The summed E-state index contributed by atoms with van der Waals surface area (Å²) in [6.45, 7) is 0. The highest BCUT2D eigenvalue weighted by molar-refractivity contribution is 6.35. The first-order valence-electron chi connectivity index (χ1n) is 5.64. The summed E-state index contributed by atoms with van der Waals surface area (Å²) in [6, 6.07) is 6.82. The predicted octanol–water partition coefficient (Wildman–Crippen LogP) is 3.16. The van der Waals surface area contributed by atoms with Crippen LogP contribution in [0.4, 0.5) is 5.95 Å². The van der Waals surface area contributed by atoms with Crippen LogP contribution in [0.15, 0.2) is 24.5 Å². The van der Waals surface area contributed by atoms with Crippen LogP contribution in [0.25, 0.3) is 0 Å². The number of anilines is 1. The molecule has 0 spiro atoms. The van der Waals surface area contributed by atoms with Crippen LogP contribution in [0.5, 0.6) is 0 Å². The molecule has 5 heteroatoms. The Kier molecular flexibility index (Phi) is 3.10. The van der Waals surface area contributed by atoms with Gasteiger partial charge in [-0.25, -0.2) is 9.97 Å². The lowest BCUT2D eigenvalue weighted by atomic mass is 10.1. The van der Waals surface area contributed by atoms with Crippen LogP contribution in [0.3, 0.4) is 0 Å². The van der Waals surface area contributed by atoms with Crippen LogP contribution in [0, 0.1) is 6.07 Å². The Balaban J connectivity index is 1.79. The number of nitrogens with one attached hydrogen (secondary N) is 1. The second-order valence-corrected chi connectivity index (χ2v) is 5.13. The highest BCUT2D eigenvalue weighted by Crippen LogP contribution is 2.32. The summed E-state index contributed by atoms with van der Waals surface area (Å²) in [7, 11) is 0. The summed E-state index contributed by atoms with van der Waals surface area (Å²) < 4.78 is 0. The highest BCUT2D eigenvalue weighted by atomic mass is 35.5. The van der Waals surface area contributed by atoms with Crippen molar-refractivity contribution in [3.8, 4) is 0 Å². The van der Waals surface area contributed by atoms with E-state index in [2.05, 4.69) is 21.4 Å².